The second kappa shape index (κ2) is 8.88. The second-order valence-electron chi connectivity index (χ2n) is 7.78. The van der Waals surface area contributed by atoms with E-state index in [-0.39, 0.29) is 30.2 Å². The third kappa shape index (κ3) is 4.49. The van der Waals surface area contributed by atoms with Crippen LogP contribution in [0.5, 0.6) is 0 Å². The molecule has 0 aliphatic carbocycles. The number of benzene rings is 2. The Bertz CT molecular complexity index is 932. The maximum Gasteiger partial charge on any atom is 0.246 e. The van der Waals surface area contributed by atoms with Gasteiger partial charge in [0.2, 0.25) is 17.7 Å². The highest BCUT2D eigenvalue weighted by atomic mass is 35.5. The number of rotatable bonds is 4. The molecule has 2 fully saturated rings. The average Bonchev–Trinajstić information content (AvgIpc) is 2.77. The second-order valence-corrected chi connectivity index (χ2v) is 8.21. The Hall–Kier alpha value is -2.86. The topological polar surface area (TPSA) is 60.9 Å². The smallest absolute Gasteiger partial charge is 0.246 e. The molecule has 1 unspecified atom stereocenters. The molecule has 30 heavy (non-hydrogen) atoms. The van der Waals surface area contributed by atoms with Crippen molar-refractivity contribution in [1.29, 1.82) is 0 Å². The van der Waals surface area contributed by atoms with Crippen LogP contribution in [0.2, 0.25) is 5.02 Å². The Labute approximate surface area is 181 Å². The van der Waals surface area contributed by atoms with E-state index in [0.717, 1.165) is 11.3 Å². The first-order valence-corrected chi connectivity index (χ1v) is 10.6. The van der Waals surface area contributed by atoms with Gasteiger partial charge in [0, 0.05) is 43.3 Å². The summed E-state index contributed by atoms with van der Waals surface area (Å²) in [6, 6.07) is 16.9. The highest BCUT2D eigenvalue weighted by Crippen LogP contribution is 2.24. The molecule has 6 nitrogen and oxygen atoms in total. The molecule has 0 aromatic heterocycles. The lowest BCUT2D eigenvalue weighted by Crippen LogP contribution is -2.55. The quantitative estimate of drug-likeness (QED) is 0.756. The van der Waals surface area contributed by atoms with Crippen molar-refractivity contribution in [2.45, 2.75) is 19.4 Å². The van der Waals surface area contributed by atoms with E-state index in [1.54, 1.807) is 26.8 Å². The van der Waals surface area contributed by atoms with Gasteiger partial charge in [0.25, 0.3) is 0 Å². The van der Waals surface area contributed by atoms with Crippen molar-refractivity contribution >= 4 is 35.0 Å². The van der Waals surface area contributed by atoms with Crippen LogP contribution in [0.15, 0.2) is 54.6 Å². The van der Waals surface area contributed by atoms with Crippen LogP contribution in [0.4, 0.5) is 5.69 Å². The lowest BCUT2D eigenvalue weighted by molar-refractivity contribution is -0.146. The van der Waals surface area contributed by atoms with Crippen molar-refractivity contribution < 1.29 is 14.4 Å². The Morgan fingerprint density at radius 1 is 0.967 bits per heavy atom. The third-order valence-electron chi connectivity index (χ3n) is 5.74. The molecule has 3 amide bonds. The fourth-order valence-electron chi connectivity index (χ4n) is 4.08. The number of piperidine rings is 1. The number of carbonyl (C=O) groups excluding carboxylic acids is 3. The minimum absolute atomic E-state index is 0.0373. The first kappa shape index (κ1) is 20.4. The number of amides is 3. The number of piperazine rings is 1. The number of likely N-dealkylation sites (tertiary alicyclic amines) is 1. The Morgan fingerprint density at radius 3 is 2.40 bits per heavy atom. The van der Waals surface area contributed by atoms with Crippen LogP contribution in [0.3, 0.4) is 0 Å². The van der Waals surface area contributed by atoms with Crippen molar-refractivity contribution in [1.82, 2.24) is 9.80 Å². The molecule has 0 bridgehead atoms. The van der Waals surface area contributed by atoms with Crippen LogP contribution in [0.25, 0.3) is 0 Å². The first-order chi connectivity index (χ1) is 14.5. The summed E-state index contributed by atoms with van der Waals surface area (Å²) in [5, 5.41) is 0.649. The minimum Gasteiger partial charge on any atom is -0.338 e. The molecular weight excluding hydrogens is 402 g/mol. The largest absolute Gasteiger partial charge is 0.338 e. The van der Waals surface area contributed by atoms with Crippen molar-refractivity contribution in [3.8, 4) is 0 Å². The highest BCUT2D eigenvalue weighted by molar-refractivity contribution is 6.30. The Morgan fingerprint density at radius 2 is 1.70 bits per heavy atom. The number of halogens is 1. The summed E-state index contributed by atoms with van der Waals surface area (Å²) >= 11 is 5.93. The predicted molar refractivity (Wildman–Crippen MR) is 115 cm³/mol. The average molecular weight is 426 g/mol. The summed E-state index contributed by atoms with van der Waals surface area (Å²) in [7, 11) is 0. The molecule has 2 aromatic carbocycles. The number of anilines is 1. The lowest BCUT2D eigenvalue weighted by Gasteiger charge is -2.38. The van der Waals surface area contributed by atoms with Gasteiger partial charge in [-0.15, -0.1) is 0 Å². The molecular formula is C23H24ClN3O3. The van der Waals surface area contributed by atoms with E-state index in [4.69, 9.17) is 11.6 Å². The van der Waals surface area contributed by atoms with Gasteiger partial charge in [-0.1, -0.05) is 41.9 Å². The van der Waals surface area contributed by atoms with E-state index >= 15 is 0 Å². The molecule has 0 saturated carbocycles. The lowest BCUT2D eigenvalue weighted by atomic mass is 9.95. The van der Waals surface area contributed by atoms with E-state index in [1.807, 2.05) is 42.5 Å². The Balaban J connectivity index is 1.38. The van der Waals surface area contributed by atoms with Crippen molar-refractivity contribution in [3.05, 3.63) is 65.2 Å². The van der Waals surface area contributed by atoms with E-state index in [2.05, 4.69) is 0 Å². The van der Waals surface area contributed by atoms with Gasteiger partial charge < -0.3 is 14.7 Å². The fourth-order valence-corrected chi connectivity index (χ4v) is 4.21. The molecule has 2 aromatic rings. The number of nitrogens with zero attached hydrogens (tertiary/aromatic N) is 3. The minimum atomic E-state index is -0.272. The van der Waals surface area contributed by atoms with Crippen LogP contribution in [0, 0.1) is 5.92 Å². The summed E-state index contributed by atoms with van der Waals surface area (Å²) in [5.74, 6) is -0.333. The standard InChI is InChI=1S/C23H24ClN3O3/c24-19-9-6-17(7-10-19)14-26-15-18(8-11-21(26)28)23(30)25-12-13-27(22(29)16-25)20-4-2-1-3-5-20/h1-7,9-10,18H,8,11-16H2. The van der Waals surface area contributed by atoms with Gasteiger partial charge in [-0.2, -0.15) is 0 Å². The molecule has 0 spiro atoms. The van der Waals surface area contributed by atoms with Crippen LogP contribution in [-0.2, 0) is 20.9 Å². The summed E-state index contributed by atoms with van der Waals surface area (Å²) < 4.78 is 0. The molecule has 0 radical (unpaired) electrons. The zero-order valence-corrected chi connectivity index (χ0v) is 17.4. The van der Waals surface area contributed by atoms with E-state index in [0.29, 0.717) is 44.0 Å². The molecule has 0 N–H and O–H groups in total. The van der Waals surface area contributed by atoms with E-state index in [9.17, 15) is 14.4 Å². The highest BCUT2D eigenvalue weighted by Gasteiger charge is 2.35. The monoisotopic (exact) mass is 425 g/mol. The van der Waals surface area contributed by atoms with E-state index in [1.165, 1.54) is 0 Å². The summed E-state index contributed by atoms with van der Waals surface area (Å²) in [4.78, 5) is 43.2. The normalized spacial score (nSPS) is 19.9. The molecule has 2 aliphatic rings. The van der Waals surface area contributed by atoms with Gasteiger partial charge in [0.1, 0.15) is 6.54 Å². The predicted octanol–water partition coefficient (Wildman–Crippen LogP) is 2.95. The van der Waals surface area contributed by atoms with Gasteiger partial charge in [0.15, 0.2) is 0 Å². The molecule has 2 heterocycles. The van der Waals surface area contributed by atoms with Crippen molar-refractivity contribution in [2.75, 3.05) is 31.1 Å². The maximum atomic E-state index is 13.1. The summed E-state index contributed by atoms with van der Waals surface area (Å²) in [6.07, 6.45) is 0.879. The molecule has 7 heteroatoms. The summed E-state index contributed by atoms with van der Waals surface area (Å²) in [5.41, 5.74) is 1.83. The Kier molecular flexibility index (Phi) is 6.04. The van der Waals surface area contributed by atoms with Crippen LogP contribution >= 0.6 is 11.6 Å². The number of hydrogen-bond donors (Lipinski definition) is 0. The zero-order chi connectivity index (χ0) is 21.1. The first-order valence-electron chi connectivity index (χ1n) is 10.2. The van der Waals surface area contributed by atoms with Crippen LogP contribution in [0.1, 0.15) is 18.4 Å². The van der Waals surface area contributed by atoms with Crippen LogP contribution < -0.4 is 4.90 Å². The molecule has 1 atom stereocenters. The van der Waals surface area contributed by atoms with E-state index < -0.39 is 0 Å². The van der Waals surface area contributed by atoms with Gasteiger partial charge in [-0.05, 0) is 36.2 Å². The maximum absolute atomic E-state index is 13.1. The molecule has 2 aliphatic heterocycles. The third-order valence-corrected chi connectivity index (χ3v) is 5.99. The summed E-state index contributed by atoms with van der Waals surface area (Å²) in [6.45, 7) is 1.90. The van der Waals surface area contributed by atoms with Gasteiger partial charge in [-0.3, -0.25) is 14.4 Å². The molecule has 156 valence electrons. The fraction of sp³-hybridized carbons (Fsp3) is 0.348. The van der Waals surface area contributed by atoms with Crippen molar-refractivity contribution in [3.63, 3.8) is 0 Å². The SMILES string of the molecule is O=C1CCC(C(=O)N2CCN(c3ccccc3)C(=O)C2)CN1Cc1ccc(Cl)cc1. The number of hydrogen-bond acceptors (Lipinski definition) is 3. The number of carbonyl (C=O) groups is 3. The molecule has 2 saturated heterocycles. The zero-order valence-electron chi connectivity index (χ0n) is 16.7. The number of para-hydroxylation sites is 1. The van der Waals surface area contributed by atoms with Gasteiger partial charge >= 0.3 is 0 Å². The van der Waals surface area contributed by atoms with Gasteiger partial charge in [0.05, 0.1) is 5.92 Å². The van der Waals surface area contributed by atoms with Crippen LogP contribution in [-0.4, -0.2) is 53.7 Å². The van der Waals surface area contributed by atoms with Gasteiger partial charge in [-0.25, -0.2) is 0 Å². The van der Waals surface area contributed by atoms with Crippen molar-refractivity contribution in [2.24, 2.45) is 5.92 Å². The molecule has 4 rings (SSSR count).